The van der Waals surface area contributed by atoms with Gasteiger partial charge in [-0.2, -0.15) is 0 Å². The smallest absolute Gasteiger partial charge is 0.223 e. The Morgan fingerprint density at radius 1 is 1.17 bits per heavy atom. The van der Waals surface area contributed by atoms with Gasteiger partial charge >= 0.3 is 0 Å². The first kappa shape index (κ1) is 13.8. The highest BCUT2D eigenvalue weighted by Crippen LogP contribution is 2.30. The van der Waals surface area contributed by atoms with Crippen LogP contribution < -0.4 is 11.1 Å². The van der Waals surface area contributed by atoms with Gasteiger partial charge in [-0.15, -0.1) is 0 Å². The molecule has 2 saturated carbocycles. The molecule has 0 radical (unpaired) electrons. The summed E-state index contributed by atoms with van der Waals surface area (Å²) in [5.74, 6) is 0.244. The van der Waals surface area contributed by atoms with Crippen LogP contribution >= 0.6 is 0 Å². The second-order valence-electron chi connectivity index (χ2n) is 6.10. The number of carbonyl (C=O) groups is 1. The summed E-state index contributed by atoms with van der Waals surface area (Å²) >= 11 is 0. The zero-order valence-electron chi connectivity index (χ0n) is 11.2. The van der Waals surface area contributed by atoms with Crippen molar-refractivity contribution in [3.8, 4) is 0 Å². The van der Waals surface area contributed by atoms with Crippen LogP contribution in [0.5, 0.6) is 0 Å². The molecule has 4 N–H and O–H groups in total. The average Bonchev–Trinajstić information content (AvgIpc) is 2.40. The molecule has 2 aliphatic rings. The minimum Gasteiger partial charge on any atom is -0.394 e. The minimum absolute atomic E-state index is 0.0744. The van der Waals surface area contributed by atoms with Crippen LogP contribution in [0.15, 0.2) is 0 Å². The van der Waals surface area contributed by atoms with Gasteiger partial charge in [0.25, 0.3) is 0 Å². The third kappa shape index (κ3) is 3.23. The molecule has 0 spiro atoms. The maximum Gasteiger partial charge on any atom is 0.223 e. The predicted octanol–water partition coefficient (Wildman–Crippen LogP) is 1.32. The summed E-state index contributed by atoms with van der Waals surface area (Å²) in [5, 5.41) is 12.7. The zero-order valence-corrected chi connectivity index (χ0v) is 11.2. The van der Waals surface area contributed by atoms with E-state index in [9.17, 15) is 9.90 Å². The number of nitrogens with two attached hydrogens (primary N) is 1. The van der Waals surface area contributed by atoms with Gasteiger partial charge in [-0.3, -0.25) is 4.79 Å². The normalized spacial score (nSPS) is 31.9. The van der Waals surface area contributed by atoms with E-state index in [0.29, 0.717) is 0 Å². The predicted molar refractivity (Wildman–Crippen MR) is 71.0 cm³/mol. The number of amides is 1. The molecule has 4 heteroatoms. The van der Waals surface area contributed by atoms with Crippen LogP contribution in [-0.4, -0.2) is 29.2 Å². The quantitative estimate of drug-likeness (QED) is 0.711. The van der Waals surface area contributed by atoms with Gasteiger partial charge in [-0.05, 0) is 38.5 Å². The molecule has 18 heavy (non-hydrogen) atoms. The molecule has 2 aliphatic carbocycles. The molecule has 4 nitrogen and oxygen atoms in total. The number of hydrogen-bond donors (Lipinski definition) is 3. The van der Waals surface area contributed by atoms with Crippen molar-refractivity contribution in [1.82, 2.24) is 5.32 Å². The van der Waals surface area contributed by atoms with E-state index in [1.54, 1.807) is 0 Å². The Labute approximate surface area is 109 Å². The first-order valence-corrected chi connectivity index (χ1v) is 7.34. The van der Waals surface area contributed by atoms with Crippen LogP contribution in [0.3, 0.4) is 0 Å². The van der Waals surface area contributed by atoms with Crippen LogP contribution in [0.1, 0.15) is 57.8 Å². The SMILES string of the molecule is NC1CCC(C(=O)NC2(CO)CCCCC2)CC1. The number of carbonyl (C=O) groups excluding carboxylic acids is 1. The van der Waals surface area contributed by atoms with E-state index >= 15 is 0 Å². The summed E-state index contributed by atoms with van der Waals surface area (Å²) in [6.07, 6.45) is 8.96. The fourth-order valence-electron chi connectivity index (χ4n) is 3.30. The molecule has 0 atom stereocenters. The van der Waals surface area contributed by atoms with Crippen molar-refractivity contribution in [3.05, 3.63) is 0 Å². The monoisotopic (exact) mass is 254 g/mol. The molecule has 1 amide bonds. The van der Waals surface area contributed by atoms with Gasteiger partial charge in [0.2, 0.25) is 5.91 Å². The molecule has 2 fully saturated rings. The molecule has 0 aromatic rings. The molecule has 0 aromatic heterocycles. The fraction of sp³-hybridized carbons (Fsp3) is 0.929. The van der Waals surface area contributed by atoms with Crippen molar-refractivity contribution < 1.29 is 9.90 Å². The molecule has 104 valence electrons. The summed E-state index contributed by atoms with van der Waals surface area (Å²) in [6, 6.07) is 0.274. The van der Waals surface area contributed by atoms with Crippen LogP contribution in [0.25, 0.3) is 0 Å². The number of nitrogens with one attached hydrogen (secondary N) is 1. The summed E-state index contributed by atoms with van der Waals surface area (Å²) in [6.45, 7) is 0.0744. The standard InChI is InChI=1S/C14H26N2O2/c15-12-6-4-11(5-7-12)13(18)16-14(10-17)8-2-1-3-9-14/h11-12,17H,1-10,15H2,(H,16,18). The molecule has 2 rings (SSSR count). The lowest BCUT2D eigenvalue weighted by molar-refractivity contribution is -0.129. The Morgan fingerprint density at radius 2 is 1.78 bits per heavy atom. The van der Waals surface area contributed by atoms with Crippen LogP contribution in [0, 0.1) is 5.92 Å². The maximum atomic E-state index is 12.3. The molecule has 0 aliphatic heterocycles. The molecular weight excluding hydrogens is 228 g/mol. The summed E-state index contributed by atoms with van der Waals surface area (Å²) in [4.78, 5) is 12.3. The van der Waals surface area contributed by atoms with Crippen LogP contribution in [0.2, 0.25) is 0 Å². The number of aliphatic hydroxyl groups is 1. The first-order valence-electron chi connectivity index (χ1n) is 7.34. The van der Waals surface area contributed by atoms with Crippen molar-refractivity contribution in [2.24, 2.45) is 11.7 Å². The highest BCUT2D eigenvalue weighted by molar-refractivity contribution is 5.79. The van der Waals surface area contributed by atoms with Crippen LogP contribution in [-0.2, 0) is 4.79 Å². The van der Waals surface area contributed by atoms with Crippen molar-refractivity contribution in [2.75, 3.05) is 6.61 Å². The van der Waals surface area contributed by atoms with Gasteiger partial charge in [-0.1, -0.05) is 19.3 Å². The first-order chi connectivity index (χ1) is 8.65. The van der Waals surface area contributed by atoms with Gasteiger partial charge in [0.15, 0.2) is 0 Å². The lowest BCUT2D eigenvalue weighted by Crippen LogP contribution is -2.54. The third-order valence-corrected chi connectivity index (χ3v) is 4.64. The van der Waals surface area contributed by atoms with Gasteiger partial charge in [0.05, 0.1) is 12.1 Å². The van der Waals surface area contributed by atoms with Crippen LogP contribution in [0.4, 0.5) is 0 Å². The number of aliphatic hydroxyl groups excluding tert-OH is 1. The van der Waals surface area contributed by atoms with Gasteiger partial charge in [-0.25, -0.2) is 0 Å². The second-order valence-corrected chi connectivity index (χ2v) is 6.10. The lowest BCUT2D eigenvalue weighted by Gasteiger charge is -2.38. The fourth-order valence-corrected chi connectivity index (χ4v) is 3.30. The van der Waals surface area contributed by atoms with E-state index < -0.39 is 0 Å². The largest absolute Gasteiger partial charge is 0.394 e. The van der Waals surface area contributed by atoms with E-state index in [1.165, 1.54) is 6.42 Å². The Hall–Kier alpha value is -0.610. The molecule has 0 bridgehead atoms. The van der Waals surface area contributed by atoms with Gasteiger partial charge in [0.1, 0.15) is 0 Å². The third-order valence-electron chi connectivity index (χ3n) is 4.64. The Morgan fingerprint density at radius 3 is 2.33 bits per heavy atom. The minimum atomic E-state index is -0.338. The maximum absolute atomic E-state index is 12.3. The van der Waals surface area contributed by atoms with Crippen molar-refractivity contribution in [2.45, 2.75) is 69.4 Å². The van der Waals surface area contributed by atoms with E-state index in [4.69, 9.17) is 5.73 Å². The molecule has 0 saturated heterocycles. The topological polar surface area (TPSA) is 75.4 Å². The second kappa shape index (κ2) is 6.02. The van der Waals surface area contributed by atoms with E-state index in [2.05, 4.69) is 5.32 Å². The summed E-state index contributed by atoms with van der Waals surface area (Å²) in [7, 11) is 0. The summed E-state index contributed by atoms with van der Waals surface area (Å²) in [5.41, 5.74) is 5.52. The lowest BCUT2D eigenvalue weighted by atomic mass is 9.80. The highest BCUT2D eigenvalue weighted by atomic mass is 16.3. The van der Waals surface area contributed by atoms with Crippen molar-refractivity contribution in [3.63, 3.8) is 0 Å². The molecule has 0 unspecified atom stereocenters. The van der Waals surface area contributed by atoms with E-state index in [0.717, 1.165) is 51.4 Å². The average molecular weight is 254 g/mol. The number of hydrogen-bond acceptors (Lipinski definition) is 3. The van der Waals surface area contributed by atoms with Crippen molar-refractivity contribution in [1.29, 1.82) is 0 Å². The van der Waals surface area contributed by atoms with Gasteiger partial charge in [0, 0.05) is 12.0 Å². The number of rotatable bonds is 3. The molecular formula is C14H26N2O2. The van der Waals surface area contributed by atoms with Crippen molar-refractivity contribution >= 4 is 5.91 Å². The Bertz CT molecular complexity index is 280. The van der Waals surface area contributed by atoms with Gasteiger partial charge < -0.3 is 16.2 Å². The van der Waals surface area contributed by atoms with E-state index in [-0.39, 0.29) is 30.0 Å². The highest BCUT2D eigenvalue weighted by Gasteiger charge is 2.35. The Kier molecular flexibility index (Phi) is 4.62. The summed E-state index contributed by atoms with van der Waals surface area (Å²) < 4.78 is 0. The molecule has 0 aromatic carbocycles. The Balaban J connectivity index is 1.89. The molecule has 0 heterocycles. The zero-order chi connectivity index (χ0) is 13.0. The van der Waals surface area contributed by atoms with E-state index in [1.807, 2.05) is 0 Å².